The maximum atomic E-state index is 3.66. The Morgan fingerprint density at radius 1 is 1.05 bits per heavy atom. The predicted molar refractivity (Wildman–Crippen MR) is 86.5 cm³/mol. The molecule has 0 aliphatic heterocycles. The topological polar surface area (TPSA) is 12.0 Å². The Hall–Kier alpha value is -0.0400. The molecule has 19 heavy (non-hydrogen) atoms. The molecule has 114 valence electrons. The third kappa shape index (κ3) is 4.21. The summed E-state index contributed by atoms with van der Waals surface area (Å²) in [5, 5.41) is 3.66. The molecular weight excluding hydrogens is 230 g/mol. The first kappa shape index (κ1) is 17.0. The van der Waals surface area contributed by atoms with Gasteiger partial charge in [-0.25, -0.2) is 0 Å². The summed E-state index contributed by atoms with van der Waals surface area (Å²) in [4.78, 5) is 0. The maximum absolute atomic E-state index is 3.66. The lowest BCUT2D eigenvalue weighted by atomic mass is 9.58. The van der Waals surface area contributed by atoms with Crippen LogP contribution < -0.4 is 5.32 Å². The van der Waals surface area contributed by atoms with Crippen molar-refractivity contribution in [1.82, 2.24) is 5.32 Å². The van der Waals surface area contributed by atoms with E-state index in [1.165, 1.54) is 45.1 Å². The zero-order chi connectivity index (χ0) is 14.5. The van der Waals surface area contributed by atoms with E-state index in [0.717, 1.165) is 18.4 Å². The molecular formula is C18H37N. The van der Waals surface area contributed by atoms with Gasteiger partial charge in [0, 0.05) is 6.54 Å². The van der Waals surface area contributed by atoms with E-state index in [-0.39, 0.29) is 0 Å². The molecule has 1 N–H and O–H groups in total. The molecule has 0 spiro atoms. The van der Waals surface area contributed by atoms with E-state index < -0.39 is 0 Å². The predicted octanol–water partition coefficient (Wildman–Crippen LogP) is 5.25. The van der Waals surface area contributed by atoms with Crippen LogP contribution in [0.1, 0.15) is 80.1 Å². The lowest BCUT2D eigenvalue weighted by Gasteiger charge is -2.48. The minimum Gasteiger partial charge on any atom is -0.316 e. The maximum Gasteiger partial charge on any atom is 0.00103 e. The first-order valence-electron chi connectivity index (χ1n) is 8.60. The minimum atomic E-state index is 0.498. The first-order valence-corrected chi connectivity index (χ1v) is 8.60. The average molecular weight is 268 g/mol. The van der Waals surface area contributed by atoms with Crippen molar-refractivity contribution in [3.05, 3.63) is 0 Å². The molecule has 0 aromatic rings. The molecule has 0 aromatic carbocycles. The normalized spacial score (nSPS) is 28.9. The summed E-state index contributed by atoms with van der Waals surface area (Å²) >= 11 is 0. The Morgan fingerprint density at radius 2 is 1.58 bits per heavy atom. The van der Waals surface area contributed by atoms with Crippen LogP contribution in [-0.4, -0.2) is 13.1 Å². The lowest BCUT2D eigenvalue weighted by Crippen LogP contribution is -2.44. The Kier molecular flexibility index (Phi) is 6.36. The highest BCUT2D eigenvalue weighted by molar-refractivity contribution is 4.93. The standard InChI is InChI=1S/C18H37N/c1-7-15(8-2)18(14-19-9-3)12-10-16(11-13-18)17(4,5)6/h15-16,19H,7-14H2,1-6H3. The van der Waals surface area contributed by atoms with Crippen LogP contribution in [0.2, 0.25) is 0 Å². The van der Waals surface area contributed by atoms with Crippen LogP contribution >= 0.6 is 0 Å². The van der Waals surface area contributed by atoms with Crippen molar-refractivity contribution in [2.24, 2.45) is 22.7 Å². The summed E-state index contributed by atoms with van der Waals surface area (Å²) in [6.07, 6.45) is 8.45. The number of hydrogen-bond acceptors (Lipinski definition) is 1. The Labute approximate surface area is 121 Å². The molecule has 1 fully saturated rings. The fourth-order valence-electron chi connectivity index (χ4n) is 4.32. The summed E-state index contributed by atoms with van der Waals surface area (Å²) in [6, 6.07) is 0. The highest BCUT2D eigenvalue weighted by Gasteiger charge is 2.42. The number of hydrogen-bond donors (Lipinski definition) is 1. The van der Waals surface area contributed by atoms with Gasteiger partial charge in [-0.05, 0) is 54.9 Å². The lowest BCUT2D eigenvalue weighted by molar-refractivity contribution is 0.0352. The van der Waals surface area contributed by atoms with Gasteiger partial charge in [0.15, 0.2) is 0 Å². The van der Waals surface area contributed by atoms with Crippen molar-refractivity contribution in [1.29, 1.82) is 0 Å². The van der Waals surface area contributed by atoms with Crippen LogP contribution in [0, 0.1) is 22.7 Å². The summed E-state index contributed by atoms with van der Waals surface area (Å²) in [5.41, 5.74) is 1.08. The van der Waals surface area contributed by atoms with Crippen molar-refractivity contribution >= 4 is 0 Å². The molecule has 1 heteroatoms. The van der Waals surface area contributed by atoms with Gasteiger partial charge >= 0.3 is 0 Å². The summed E-state index contributed by atoms with van der Waals surface area (Å²) < 4.78 is 0. The van der Waals surface area contributed by atoms with Crippen LogP contribution in [0.3, 0.4) is 0 Å². The van der Waals surface area contributed by atoms with E-state index in [1.54, 1.807) is 0 Å². The van der Waals surface area contributed by atoms with Crippen molar-refractivity contribution in [2.45, 2.75) is 80.1 Å². The molecule has 0 aromatic heterocycles. The van der Waals surface area contributed by atoms with Crippen molar-refractivity contribution < 1.29 is 0 Å². The van der Waals surface area contributed by atoms with Crippen LogP contribution in [0.5, 0.6) is 0 Å². The van der Waals surface area contributed by atoms with Gasteiger partial charge in [0.25, 0.3) is 0 Å². The Bertz CT molecular complexity index is 239. The number of nitrogens with one attached hydrogen (secondary N) is 1. The third-order valence-corrected chi connectivity index (χ3v) is 5.78. The van der Waals surface area contributed by atoms with Crippen LogP contribution in [0.25, 0.3) is 0 Å². The zero-order valence-electron chi connectivity index (χ0n) is 14.3. The smallest absolute Gasteiger partial charge is 0.00103 e. The molecule has 0 radical (unpaired) electrons. The first-order chi connectivity index (χ1) is 8.89. The zero-order valence-corrected chi connectivity index (χ0v) is 14.3. The van der Waals surface area contributed by atoms with E-state index in [1.807, 2.05) is 0 Å². The van der Waals surface area contributed by atoms with Gasteiger partial charge in [0.2, 0.25) is 0 Å². The van der Waals surface area contributed by atoms with E-state index in [2.05, 4.69) is 46.9 Å². The number of rotatable bonds is 6. The third-order valence-electron chi connectivity index (χ3n) is 5.78. The van der Waals surface area contributed by atoms with Gasteiger partial charge < -0.3 is 5.32 Å². The van der Waals surface area contributed by atoms with Gasteiger partial charge in [-0.15, -0.1) is 0 Å². The molecule has 0 amide bonds. The molecule has 1 aliphatic carbocycles. The monoisotopic (exact) mass is 267 g/mol. The summed E-state index contributed by atoms with van der Waals surface area (Å²) in [6.45, 7) is 16.6. The molecule has 0 unspecified atom stereocenters. The van der Waals surface area contributed by atoms with Crippen molar-refractivity contribution in [3.63, 3.8) is 0 Å². The minimum absolute atomic E-state index is 0.498. The molecule has 0 saturated heterocycles. The molecule has 0 heterocycles. The van der Waals surface area contributed by atoms with Gasteiger partial charge in [-0.1, -0.05) is 54.4 Å². The molecule has 1 aliphatic rings. The molecule has 1 saturated carbocycles. The Morgan fingerprint density at radius 3 is 1.95 bits per heavy atom. The van der Waals surface area contributed by atoms with Crippen LogP contribution in [-0.2, 0) is 0 Å². The highest BCUT2D eigenvalue weighted by atomic mass is 14.9. The van der Waals surface area contributed by atoms with E-state index >= 15 is 0 Å². The fourth-order valence-corrected chi connectivity index (χ4v) is 4.32. The molecule has 1 rings (SSSR count). The van der Waals surface area contributed by atoms with E-state index in [4.69, 9.17) is 0 Å². The van der Waals surface area contributed by atoms with Gasteiger partial charge in [0.05, 0.1) is 0 Å². The van der Waals surface area contributed by atoms with E-state index in [9.17, 15) is 0 Å². The SMILES string of the molecule is CCNCC1(C(CC)CC)CCC(C(C)(C)C)CC1. The Balaban J connectivity index is 2.74. The van der Waals surface area contributed by atoms with Crippen LogP contribution in [0.4, 0.5) is 0 Å². The van der Waals surface area contributed by atoms with Crippen molar-refractivity contribution in [2.75, 3.05) is 13.1 Å². The molecule has 0 atom stereocenters. The van der Waals surface area contributed by atoms with Gasteiger partial charge in [-0.2, -0.15) is 0 Å². The molecule has 1 nitrogen and oxygen atoms in total. The average Bonchev–Trinajstić information content (AvgIpc) is 2.37. The molecule has 0 bridgehead atoms. The van der Waals surface area contributed by atoms with Crippen molar-refractivity contribution in [3.8, 4) is 0 Å². The van der Waals surface area contributed by atoms with E-state index in [0.29, 0.717) is 10.8 Å². The quantitative estimate of drug-likeness (QED) is 0.692. The second kappa shape index (κ2) is 7.11. The van der Waals surface area contributed by atoms with Gasteiger partial charge in [-0.3, -0.25) is 0 Å². The second-order valence-corrected chi connectivity index (χ2v) is 7.80. The summed E-state index contributed by atoms with van der Waals surface area (Å²) in [7, 11) is 0. The van der Waals surface area contributed by atoms with Gasteiger partial charge in [0.1, 0.15) is 0 Å². The highest BCUT2D eigenvalue weighted by Crippen LogP contribution is 2.50. The second-order valence-electron chi connectivity index (χ2n) is 7.80. The largest absolute Gasteiger partial charge is 0.316 e. The van der Waals surface area contributed by atoms with Crippen LogP contribution in [0.15, 0.2) is 0 Å². The fraction of sp³-hybridized carbons (Fsp3) is 1.00. The summed E-state index contributed by atoms with van der Waals surface area (Å²) in [5.74, 6) is 1.84.